The Hall–Kier alpha value is -2.63. The normalized spacial score (nSPS) is 10.2. The van der Waals surface area contributed by atoms with Crippen molar-refractivity contribution in [1.29, 1.82) is 0 Å². The lowest BCUT2D eigenvalue weighted by atomic mass is 10.2. The fourth-order valence-corrected chi connectivity index (χ4v) is 1.70. The quantitative estimate of drug-likeness (QED) is 0.790. The molecule has 1 aromatic carbocycles. The minimum absolute atomic E-state index is 0.0110. The van der Waals surface area contributed by atoms with Crippen LogP contribution in [0.5, 0.6) is 0 Å². The Kier molecular flexibility index (Phi) is 3.33. The van der Waals surface area contributed by atoms with Gasteiger partial charge in [-0.05, 0) is 36.8 Å². The molecule has 1 heterocycles. The van der Waals surface area contributed by atoms with Crippen LogP contribution in [0.1, 0.15) is 15.9 Å². The number of nitrogen functional groups attached to an aromatic ring is 1. The van der Waals surface area contributed by atoms with Crippen molar-refractivity contribution >= 4 is 23.2 Å². The maximum Gasteiger partial charge on any atom is 0.337 e. The van der Waals surface area contributed by atoms with E-state index in [1.165, 1.54) is 24.4 Å². The fraction of sp³-hybridized carbons (Fsp3) is 0.0769. The minimum Gasteiger partial charge on any atom is -0.478 e. The molecule has 0 aliphatic rings. The van der Waals surface area contributed by atoms with E-state index in [4.69, 9.17) is 10.8 Å². The molecule has 0 atom stereocenters. The zero-order valence-corrected chi connectivity index (χ0v) is 10.1. The molecule has 0 spiro atoms. The predicted octanol–water partition coefficient (Wildman–Crippen LogP) is 2.55. The number of benzene rings is 1. The Balaban J connectivity index is 2.38. The minimum atomic E-state index is -1.14. The number of halogens is 1. The lowest BCUT2D eigenvalue weighted by Crippen LogP contribution is -2.07. The van der Waals surface area contributed by atoms with Crippen molar-refractivity contribution in [3.63, 3.8) is 0 Å². The molecule has 6 heteroatoms. The first-order chi connectivity index (χ1) is 8.97. The third-order valence-electron chi connectivity index (χ3n) is 2.53. The van der Waals surface area contributed by atoms with Crippen molar-refractivity contribution in [3.05, 3.63) is 47.4 Å². The van der Waals surface area contributed by atoms with Crippen molar-refractivity contribution in [2.45, 2.75) is 6.92 Å². The highest BCUT2D eigenvalue weighted by Gasteiger charge is 2.12. The average molecular weight is 261 g/mol. The van der Waals surface area contributed by atoms with Gasteiger partial charge in [-0.15, -0.1) is 0 Å². The number of carboxylic acid groups (broad SMARTS) is 1. The highest BCUT2D eigenvalue weighted by atomic mass is 19.1. The second kappa shape index (κ2) is 4.93. The third kappa shape index (κ3) is 2.79. The number of aromatic nitrogens is 1. The van der Waals surface area contributed by atoms with Crippen molar-refractivity contribution < 1.29 is 14.3 Å². The molecule has 0 radical (unpaired) electrons. The summed E-state index contributed by atoms with van der Waals surface area (Å²) in [4.78, 5) is 14.9. The largest absolute Gasteiger partial charge is 0.478 e. The molecule has 0 amide bonds. The highest BCUT2D eigenvalue weighted by Crippen LogP contribution is 2.24. The maximum atomic E-state index is 13.3. The Morgan fingerprint density at radius 1 is 1.42 bits per heavy atom. The van der Waals surface area contributed by atoms with E-state index in [2.05, 4.69) is 10.3 Å². The van der Waals surface area contributed by atoms with Gasteiger partial charge in [0.2, 0.25) is 0 Å². The van der Waals surface area contributed by atoms with E-state index in [1.807, 2.05) is 0 Å². The summed E-state index contributed by atoms with van der Waals surface area (Å²) in [6.45, 7) is 1.75. The van der Waals surface area contributed by atoms with Gasteiger partial charge in [0.25, 0.3) is 0 Å². The zero-order valence-electron chi connectivity index (χ0n) is 10.1. The average Bonchev–Trinajstić information content (AvgIpc) is 2.30. The molecular formula is C13H12FN3O2. The van der Waals surface area contributed by atoms with Crippen LogP contribution in [0.15, 0.2) is 30.5 Å². The molecule has 2 rings (SSSR count). The summed E-state index contributed by atoms with van der Waals surface area (Å²) in [5.74, 6) is -1.35. The first-order valence-electron chi connectivity index (χ1n) is 5.49. The van der Waals surface area contributed by atoms with E-state index < -0.39 is 11.8 Å². The van der Waals surface area contributed by atoms with Crippen LogP contribution >= 0.6 is 0 Å². The molecular weight excluding hydrogens is 249 g/mol. The van der Waals surface area contributed by atoms with Gasteiger partial charge < -0.3 is 16.2 Å². The number of pyridine rings is 1. The Bertz CT molecular complexity index is 624. The monoisotopic (exact) mass is 261 g/mol. The van der Waals surface area contributed by atoms with Crippen molar-refractivity contribution in [2.75, 3.05) is 11.1 Å². The molecule has 0 bridgehead atoms. The molecule has 0 saturated carbocycles. The van der Waals surface area contributed by atoms with Gasteiger partial charge in [-0.25, -0.2) is 14.2 Å². The molecule has 2 aromatic rings. The summed E-state index contributed by atoms with van der Waals surface area (Å²) < 4.78 is 13.3. The van der Waals surface area contributed by atoms with E-state index in [-0.39, 0.29) is 17.1 Å². The van der Waals surface area contributed by atoms with Crippen LogP contribution in [0.2, 0.25) is 0 Å². The van der Waals surface area contributed by atoms with E-state index >= 15 is 0 Å². The van der Waals surface area contributed by atoms with Crippen LogP contribution in [0.4, 0.5) is 21.6 Å². The number of anilines is 3. The molecule has 98 valence electrons. The number of hydrogen-bond donors (Lipinski definition) is 3. The molecule has 19 heavy (non-hydrogen) atoms. The Labute approximate surface area is 108 Å². The molecule has 0 fully saturated rings. The topological polar surface area (TPSA) is 88.2 Å². The molecule has 5 nitrogen and oxygen atoms in total. The van der Waals surface area contributed by atoms with Gasteiger partial charge in [0.15, 0.2) is 5.82 Å². The number of carbonyl (C=O) groups is 1. The van der Waals surface area contributed by atoms with Crippen LogP contribution in [0.25, 0.3) is 0 Å². The van der Waals surface area contributed by atoms with E-state index in [1.54, 1.807) is 13.0 Å². The molecule has 1 aromatic heterocycles. The number of nitrogens with two attached hydrogens (primary N) is 1. The van der Waals surface area contributed by atoms with E-state index in [9.17, 15) is 9.18 Å². The molecule has 0 saturated heterocycles. The maximum absolute atomic E-state index is 13.3. The summed E-state index contributed by atoms with van der Waals surface area (Å²) in [5.41, 5.74) is 6.86. The zero-order chi connectivity index (χ0) is 14.0. The molecule has 4 N–H and O–H groups in total. The number of aromatic carboxylic acids is 1. The molecule has 0 aliphatic heterocycles. The molecule has 0 unspecified atom stereocenters. The van der Waals surface area contributed by atoms with Gasteiger partial charge in [-0.3, -0.25) is 0 Å². The fourth-order valence-electron chi connectivity index (χ4n) is 1.70. The van der Waals surface area contributed by atoms with Gasteiger partial charge in [0, 0.05) is 11.9 Å². The van der Waals surface area contributed by atoms with Crippen LogP contribution in [-0.2, 0) is 0 Å². The predicted molar refractivity (Wildman–Crippen MR) is 70.0 cm³/mol. The van der Waals surface area contributed by atoms with Crippen LogP contribution in [0, 0.1) is 12.7 Å². The number of hydrogen-bond acceptors (Lipinski definition) is 4. The van der Waals surface area contributed by atoms with E-state index in [0.717, 1.165) is 5.56 Å². The van der Waals surface area contributed by atoms with Gasteiger partial charge >= 0.3 is 5.97 Å². The number of rotatable bonds is 3. The summed E-state index contributed by atoms with van der Waals surface area (Å²) in [7, 11) is 0. The van der Waals surface area contributed by atoms with Crippen LogP contribution in [-0.4, -0.2) is 16.1 Å². The Morgan fingerprint density at radius 3 is 2.79 bits per heavy atom. The molecule has 0 aliphatic carbocycles. The van der Waals surface area contributed by atoms with Gasteiger partial charge in [-0.1, -0.05) is 0 Å². The number of nitrogens with zero attached hydrogens (tertiary/aromatic N) is 1. The number of aryl methyl sites for hydroxylation is 1. The second-order valence-electron chi connectivity index (χ2n) is 4.07. The third-order valence-corrected chi connectivity index (χ3v) is 2.53. The summed E-state index contributed by atoms with van der Waals surface area (Å²) in [6, 6.07) is 5.68. The number of nitrogens with one attached hydrogen (secondary N) is 1. The SMILES string of the molecule is Cc1cc(F)cc(Nc2nccc(C(=O)O)c2N)c1. The first-order valence-corrected chi connectivity index (χ1v) is 5.49. The summed E-state index contributed by atoms with van der Waals surface area (Å²) >= 11 is 0. The van der Waals surface area contributed by atoms with Crippen molar-refractivity contribution in [2.24, 2.45) is 0 Å². The van der Waals surface area contributed by atoms with Crippen LogP contribution < -0.4 is 11.1 Å². The van der Waals surface area contributed by atoms with Crippen molar-refractivity contribution in [1.82, 2.24) is 4.98 Å². The second-order valence-corrected chi connectivity index (χ2v) is 4.07. The lowest BCUT2D eigenvalue weighted by Gasteiger charge is -2.10. The first kappa shape index (κ1) is 12.8. The highest BCUT2D eigenvalue weighted by molar-refractivity contribution is 5.96. The van der Waals surface area contributed by atoms with E-state index in [0.29, 0.717) is 5.69 Å². The standard InChI is InChI=1S/C13H12FN3O2/c1-7-4-8(14)6-9(5-7)17-12-11(15)10(13(18)19)2-3-16-12/h2-6H,15H2,1H3,(H,16,17)(H,18,19). The van der Waals surface area contributed by atoms with Crippen molar-refractivity contribution in [3.8, 4) is 0 Å². The smallest absolute Gasteiger partial charge is 0.337 e. The number of carboxylic acids is 1. The van der Waals surface area contributed by atoms with Crippen LogP contribution in [0.3, 0.4) is 0 Å². The van der Waals surface area contributed by atoms with Gasteiger partial charge in [0.05, 0.1) is 11.3 Å². The summed E-state index contributed by atoms with van der Waals surface area (Å²) in [5, 5.41) is 11.8. The Morgan fingerprint density at radius 2 is 2.16 bits per heavy atom. The summed E-state index contributed by atoms with van der Waals surface area (Å²) in [6.07, 6.45) is 1.33. The van der Waals surface area contributed by atoms with Gasteiger partial charge in [0.1, 0.15) is 5.82 Å². The lowest BCUT2D eigenvalue weighted by molar-refractivity contribution is 0.0698. The van der Waals surface area contributed by atoms with Gasteiger partial charge in [-0.2, -0.15) is 0 Å².